The summed E-state index contributed by atoms with van der Waals surface area (Å²) < 4.78 is 15.4. The van der Waals surface area contributed by atoms with Crippen LogP contribution in [0.15, 0.2) is 60.7 Å². The van der Waals surface area contributed by atoms with Gasteiger partial charge in [-0.25, -0.2) is 14.4 Å². The van der Waals surface area contributed by atoms with Crippen molar-refractivity contribution in [3.63, 3.8) is 0 Å². The highest BCUT2D eigenvalue weighted by Gasteiger charge is 2.47. The first kappa shape index (κ1) is 39.6. The van der Waals surface area contributed by atoms with Crippen molar-refractivity contribution in [3.05, 3.63) is 71.8 Å². The lowest BCUT2D eigenvalue weighted by Crippen LogP contribution is -2.46. The van der Waals surface area contributed by atoms with Crippen molar-refractivity contribution in [1.29, 1.82) is 0 Å². The number of hydrogen-bond acceptors (Lipinski definition) is 9. The van der Waals surface area contributed by atoms with E-state index in [9.17, 15) is 34.2 Å². The molecule has 2 saturated heterocycles. The molecule has 2 heterocycles. The summed E-state index contributed by atoms with van der Waals surface area (Å²) in [5.74, 6) is -1.97. The van der Waals surface area contributed by atoms with Crippen molar-refractivity contribution < 1.29 is 48.4 Å². The molecule has 4 rings (SSSR count). The topological polar surface area (TPSA) is 193 Å². The van der Waals surface area contributed by atoms with Gasteiger partial charge in [-0.1, -0.05) is 60.7 Å². The number of carbonyl (C=O) groups excluding carboxylic acids is 3. The number of benzene rings is 2. The predicted molar refractivity (Wildman–Crippen MR) is 177 cm³/mol. The number of aliphatic carboxylic acids is 2. The van der Waals surface area contributed by atoms with Crippen LogP contribution in [0.25, 0.3) is 0 Å². The molecule has 2 aromatic rings. The summed E-state index contributed by atoms with van der Waals surface area (Å²) >= 11 is 0. The highest BCUT2D eigenvalue weighted by molar-refractivity contribution is 5.85. The molecule has 2 aliphatic heterocycles. The van der Waals surface area contributed by atoms with E-state index < -0.39 is 46.6 Å². The molecule has 3 amide bonds. The smallest absolute Gasteiger partial charge is 0.410 e. The van der Waals surface area contributed by atoms with E-state index in [2.05, 4.69) is 16.0 Å². The molecular formula is C33H45ClN4O10. The zero-order chi connectivity index (χ0) is 34.5. The van der Waals surface area contributed by atoms with Gasteiger partial charge in [0.1, 0.15) is 24.2 Å². The molecule has 2 aromatic carbocycles. The first-order chi connectivity index (χ1) is 22.2. The first-order valence-corrected chi connectivity index (χ1v) is 15.3. The van der Waals surface area contributed by atoms with Gasteiger partial charge in [0.25, 0.3) is 0 Å². The molecule has 0 aromatic heterocycles. The number of amides is 3. The van der Waals surface area contributed by atoms with Crippen LogP contribution in [0.3, 0.4) is 0 Å². The average molecular weight is 693 g/mol. The van der Waals surface area contributed by atoms with Gasteiger partial charge in [-0.2, -0.15) is 0 Å². The van der Waals surface area contributed by atoms with E-state index >= 15 is 0 Å². The third kappa shape index (κ3) is 12.2. The molecule has 48 heavy (non-hydrogen) atoms. The number of alkyl carbamates (subject to hydrolysis) is 2. The highest BCUT2D eigenvalue weighted by Crippen LogP contribution is 2.31. The van der Waals surface area contributed by atoms with Gasteiger partial charge < -0.3 is 45.3 Å². The fourth-order valence-corrected chi connectivity index (χ4v) is 4.93. The fraction of sp³-hybridized carbons (Fsp3) is 0.485. The average Bonchev–Trinajstić information content (AvgIpc) is 3.71. The lowest BCUT2D eigenvalue weighted by Gasteiger charge is -2.27. The molecule has 0 saturated carbocycles. The Bertz CT molecular complexity index is 1370. The highest BCUT2D eigenvalue weighted by atomic mass is 35.5. The summed E-state index contributed by atoms with van der Waals surface area (Å²) in [5, 5.41) is 26.9. The maximum Gasteiger partial charge on any atom is 0.410 e. The van der Waals surface area contributed by atoms with Crippen LogP contribution in [0.4, 0.5) is 14.4 Å². The maximum absolute atomic E-state index is 12.2. The Morgan fingerprint density at radius 3 is 1.69 bits per heavy atom. The minimum Gasteiger partial charge on any atom is -0.481 e. The van der Waals surface area contributed by atoms with Crippen LogP contribution in [0.2, 0.25) is 0 Å². The standard InChI is InChI=1S/C19H26N2O6.C14H18N2O4.ClH/c1-18(2,3)27-17(25)21-10-9-19(13-21,15(22)23)12-20-16(24)26-11-14-7-5-4-6-8-14;17-12(18)14(6-7-15-9-14)10-16-13(19)20-8-11-4-2-1-3-5-11;/h4-8H,9-13H2,1-3H3,(H,20,24)(H,22,23);1-5,15H,6-10H2,(H,16,19)(H,17,18);1H. The van der Waals surface area contributed by atoms with E-state index in [0.717, 1.165) is 11.1 Å². The minimum atomic E-state index is -1.26. The van der Waals surface area contributed by atoms with E-state index in [4.69, 9.17) is 14.2 Å². The fourth-order valence-electron chi connectivity index (χ4n) is 4.93. The Hall–Kier alpha value is -4.56. The Labute approximate surface area is 285 Å². The van der Waals surface area contributed by atoms with Crippen molar-refractivity contribution in [3.8, 4) is 0 Å². The monoisotopic (exact) mass is 692 g/mol. The van der Waals surface area contributed by atoms with Crippen LogP contribution >= 0.6 is 12.4 Å². The summed E-state index contributed by atoms with van der Waals surface area (Å²) in [6, 6.07) is 18.5. The van der Waals surface area contributed by atoms with Crippen molar-refractivity contribution in [2.75, 3.05) is 39.3 Å². The zero-order valence-corrected chi connectivity index (χ0v) is 28.2. The molecule has 264 valence electrons. The Morgan fingerprint density at radius 1 is 0.792 bits per heavy atom. The quantitative estimate of drug-likeness (QED) is 0.226. The van der Waals surface area contributed by atoms with E-state index in [1.165, 1.54) is 4.90 Å². The van der Waals surface area contributed by atoms with Gasteiger partial charge in [-0.3, -0.25) is 9.59 Å². The number of carbonyl (C=O) groups is 5. The number of nitrogens with zero attached hydrogens (tertiary/aromatic N) is 1. The third-order valence-corrected chi connectivity index (χ3v) is 7.72. The molecule has 15 heteroatoms. The van der Waals surface area contributed by atoms with Crippen molar-refractivity contribution >= 4 is 42.6 Å². The lowest BCUT2D eigenvalue weighted by atomic mass is 9.87. The number of carboxylic acids is 2. The maximum atomic E-state index is 12.2. The largest absolute Gasteiger partial charge is 0.481 e. The van der Waals surface area contributed by atoms with Gasteiger partial charge in [0.05, 0.1) is 5.41 Å². The van der Waals surface area contributed by atoms with Gasteiger partial charge in [0.2, 0.25) is 0 Å². The minimum absolute atomic E-state index is 0. The number of halogens is 1. The van der Waals surface area contributed by atoms with Crippen LogP contribution < -0.4 is 16.0 Å². The van der Waals surface area contributed by atoms with Crippen LogP contribution in [0.5, 0.6) is 0 Å². The van der Waals surface area contributed by atoms with Crippen molar-refractivity contribution in [2.45, 2.75) is 52.4 Å². The summed E-state index contributed by atoms with van der Waals surface area (Å²) in [7, 11) is 0. The second kappa shape index (κ2) is 18.1. The number of hydrogen-bond donors (Lipinski definition) is 5. The molecule has 2 aliphatic rings. The number of likely N-dealkylation sites (tertiary alicyclic amines) is 1. The molecule has 0 spiro atoms. The Balaban J connectivity index is 0.000000340. The Kier molecular flexibility index (Phi) is 14.9. The molecule has 2 unspecified atom stereocenters. The summed E-state index contributed by atoms with van der Waals surface area (Å²) in [6.45, 7) is 6.67. The molecule has 0 bridgehead atoms. The second-order valence-electron chi connectivity index (χ2n) is 12.6. The number of rotatable bonds is 10. The predicted octanol–water partition coefficient (Wildman–Crippen LogP) is 4.02. The molecule has 2 fully saturated rings. The van der Waals surface area contributed by atoms with E-state index in [1.807, 2.05) is 60.7 Å². The molecule has 14 nitrogen and oxygen atoms in total. The van der Waals surface area contributed by atoms with Crippen LogP contribution in [0.1, 0.15) is 44.7 Å². The van der Waals surface area contributed by atoms with Gasteiger partial charge in [0.15, 0.2) is 0 Å². The van der Waals surface area contributed by atoms with E-state index in [-0.39, 0.29) is 58.2 Å². The summed E-state index contributed by atoms with van der Waals surface area (Å²) in [4.78, 5) is 60.1. The van der Waals surface area contributed by atoms with E-state index in [1.54, 1.807) is 20.8 Å². The summed E-state index contributed by atoms with van der Waals surface area (Å²) in [6.07, 6.45) is -1.13. The Morgan fingerprint density at radius 2 is 1.27 bits per heavy atom. The van der Waals surface area contributed by atoms with Crippen LogP contribution in [-0.4, -0.2) is 90.2 Å². The van der Waals surface area contributed by atoms with Crippen molar-refractivity contribution in [1.82, 2.24) is 20.9 Å². The van der Waals surface area contributed by atoms with Gasteiger partial charge in [0, 0.05) is 32.7 Å². The number of carboxylic acid groups (broad SMARTS) is 2. The molecular weight excluding hydrogens is 648 g/mol. The third-order valence-electron chi connectivity index (χ3n) is 7.72. The summed E-state index contributed by atoms with van der Waals surface area (Å²) in [5.41, 5.74) is -1.13. The van der Waals surface area contributed by atoms with Gasteiger partial charge in [-0.05, 0) is 51.3 Å². The van der Waals surface area contributed by atoms with Gasteiger partial charge >= 0.3 is 30.2 Å². The van der Waals surface area contributed by atoms with E-state index in [0.29, 0.717) is 19.5 Å². The number of nitrogens with one attached hydrogen (secondary N) is 3. The normalized spacial score (nSPS) is 19.9. The van der Waals surface area contributed by atoms with Gasteiger partial charge in [-0.15, -0.1) is 12.4 Å². The lowest BCUT2D eigenvalue weighted by molar-refractivity contribution is -0.148. The molecule has 2 atom stereocenters. The molecule has 0 radical (unpaired) electrons. The SMILES string of the molecule is CC(C)(C)OC(=O)N1CCC(CNC(=O)OCc2ccccc2)(C(=O)O)C1.Cl.O=C(NCC1(C(=O)O)CCNC1)OCc1ccccc1. The zero-order valence-electron chi connectivity index (χ0n) is 27.4. The first-order valence-electron chi connectivity index (χ1n) is 15.3. The van der Waals surface area contributed by atoms with Crippen LogP contribution in [-0.2, 0) is 37.0 Å². The van der Waals surface area contributed by atoms with Crippen molar-refractivity contribution in [2.24, 2.45) is 10.8 Å². The van der Waals surface area contributed by atoms with Crippen LogP contribution in [0, 0.1) is 10.8 Å². The molecule has 0 aliphatic carbocycles. The number of ether oxygens (including phenoxy) is 3. The second-order valence-corrected chi connectivity index (χ2v) is 12.6. The molecule has 5 N–H and O–H groups in total.